The van der Waals surface area contributed by atoms with Crippen LogP contribution in [-0.4, -0.2) is 25.2 Å². The highest BCUT2D eigenvalue weighted by Gasteiger charge is 1.99. The van der Waals surface area contributed by atoms with E-state index in [1.165, 1.54) is 10.6 Å². The molecule has 3 heteroatoms. The molecule has 0 spiro atoms. The van der Waals surface area contributed by atoms with Gasteiger partial charge in [-0.2, -0.15) is 0 Å². The number of rotatable bonds is 5. The topological polar surface area (TPSA) is 3.24 Å². The first kappa shape index (κ1) is 11.7. The van der Waals surface area contributed by atoms with Crippen molar-refractivity contribution in [2.24, 2.45) is 0 Å². The number of thioether (sulfide) groups is 1. The molecule has 0 unspecified atom stereocenters. The summed E-state index contributed by atoms with van der Waals surface area (Å²) in [6, 6.07) is 8.61. The summed E-state index contributed by atoms with van der Waals surface area (Å²) in [4.78, 5) is 3.49. The minimum absolute atomic E-state index is 0.669. The molecule has 0 radical (unpaired) electrons. The highest BCUT2D eigenvalue weighted by molar-refractivity contribution is 7.99. The summed E-state index contributed by atoms with van der Waals surface area (Å²) in [6.07, 6.45) is 0. The first-order valence-electron chi connectivity index (χ1n) is 4.78. The second-order valence-electron chi connectivity index (χ2n) is 3.04. The smallest absolute Gasteiger partial charge is 0.0399 e. The van der Waals surface area contributed by atoms with Gasteiger partial charge < -0.3 is 4.90 Å². The molecule has 1 nitrogen and oxygen atoms in total. The average molecular weight is 230 g/mol. The van der Waals surface area contributed by atoms with Gasteiger partial charge in [-0.15, -0.1) is 23.4 Å². The quantitative estimate of drug-likeness (QED) is 0.562. The van der Waals surface area contributed by atoms with E-state index in [4.69, 9.17) is 11.6 Å². The maximum Gasteiger partial charge on any atom is 0.0399 e. The molecule has 14 heavy (non-hydrogen) atoms. The molecule has 0 amide bonds. The Balaban J connectivity index is 2.62. The van der Waals surface area contributed by atoms with E-state index >= 15 is 0 Å². The summed E-state index contributed by atoms with van der Waals surface area (Å²) in [6.45, 7) is 3.06. The lowest BCUT2D eigenvalue weighted by atomic mass is 10.3. The van der Waals surface area contributed by atoms with Crippen LogP contribution in [0.15, 0.2) is 29.2 Å². The third-order valence-electron chi connectivity index (χ3n) is 2.01. The van der Waals surface area contributed by atoms with Crippen molar-refractivity contribution in [2.45, 2.75) is 11.8 Å². The summed E-state index contributed by atoms with van der Waals surface area (Å²) in [7, 11) is 2.06. The van der Waals surface area contributed by atoms with Crippen LogP contribution < -0.4 is 4.90 Å². The SMILES string of the molecule is CCSc1ccc(N(C)CCCl)cc1. The first-order chi connectivity index (χ1) is 6.77. The number of halogens is 1. The van der Waals surface area contributed by atoms with E-state index in [0.717, 1.165) is 12.3 Å². The highest BCUT2D eigenvalue weighted by atomic mass is 35.5. The number of hydrogen-bond acceptors (Lipinski definition) is 2. The van der Waals surface area contributed by atoms with Crippen LogP contribution in [0.2, 0.25) is 0 Å². The molecule has 0 N–H and O–H groups in total. The van der Waals surface area contributed by atoms with Gasteiger partial charge in [0.05, 0.1) is 0 Å². The van der Waals surface area contributed by atoms with E-state index in [1.807, 2.05) is 11.8 Å². The standard InChI is InChI=1S/C11H16ClNS/c1-3-14-11-6-4-10(5-7-11)13(2)9-8-12/h4-7H,3,8-9H2,1-2H3. The summed E-state index contributed by atoms with van der Waals surface area (Å²) >= 11 is 7.55. The molecule has 1 aromatic carbocycles. The lowest BCUT2D eigenvalue weighted by molar-refractivity contribution is 0.972. The van der Waals surface area contributed by atoms with Crippen molar-refractivity contribution in [1.82, 2.24) is 0 Å². The predicted octanol–water partition coefficient (Wildman–Crippen LogP) is 3.47. The normalized spacial score (nSPS) is 10.2. The van der Waals surface area contributed by atoms with Crippen LogP contribution in [-0.2, 0) is 0 Å². The van der Waals surface area contributed by atoms with E-state index < -0.39 is 0 Å². The third-order valence-corrected chi connectivity index (χ3v) is 3.07. The fourth-order valence-corrected chi connectivity index (χ4v) is 2.13. The Hall–Kier alpha value is -0.340. The molecule has 1 aromatic rings. The summed E-state index contributed by atoms with van der Waals surface area (Å²) < 4.78 is 0. The van der Waals surface area contributed by atoms with Crippen LogP contribution in [0.3, 0.4) is 0 Å². The highest BCUT2D eigenvalue weighted by Crippen LogP contribution is 2.21. The van der Waals surface area contributed by atoms with Gasteiger partial charge in [-0.25, -0.2) is 0 Å². The van der Waals surface area contributed by atoms with Crippen LogP contribution in [0.1, 0.15) is 6.92 Å². The Morgan fingerprint density at radius 2 is 1.93 bits per heavy atom. The van der Waals surface area contributed by atoms with Crippen molar-refractivity contribution in [3.05, 3.63) is 24.3 Å². The van der Waals surface area contributed by atoms with Crippen LogP contribution in [0.4, 0.5) is 5.69 Å². The predicted molar refractivity (Wildman–Crippen MR) is 66.8 cm³/mol. The number of nitrogens with zero attached hydrogens (tertiary/aromatic N) is 1. The van der Waals surface area contributed by atoms with Crippen molar-refractivity contribution in [3.8, 4) is 0 Å². The molecule has 0 heterocycles. The van der Waals surface area contributed by atoms with E-state index in [1.54, 1.807) is 0 Å². The maximum atomic E-state index is 5.68. The van der Waals surface area contributed by atoms with Crippen molar-refractivity contribution < 1.29 is 0 Å². The van der Waals surface area contributed by atoms with Gasteiger partial charge in [0.2, 0.25) is 0 Å². The maximum absolute atomic E-state index is 5.68. The number of alkyl halides is 1. The van der Waals surface area contributed by atoms with E-state index in [0.29, 0.717) is 5.88 Å². The molecular formula is C11H16ClNS. The molecule has 1 rings (SSSR count). The van der Waals surface area contributed by atoms with Gasteiger partial charge in [0, 0.05) is 30.1 Å². The molecular weight excluding hydrogens is 214 g/mol. The zero-order valence-electron chi connectivity index (χ0n) is 8.66. The van der Waals surface area contributed by atoms with Crippen molar-refractivity contribution in [3.63, 3.8) is 0 Å². The van der Waals surface area contributed by atoms with Gasteiger partial charge in [-0.05, 0) is 30.0 Å². The number of hydrogen-bond donors (Lipinski definition) is 0. The molecule has 78 valence electrons. The van der Waals surface area contributed by atoms with Crippen molar-refractivity contribution >= 4 is 29.1 Å². The largest absolute Gasteiger partial charge is 0.373 e. The minimum Gasteiger partial charge on any atom is -0.373 e. The fraction of sp³-hybridized carbons (Fsp3) is 0.455. The Labute approximate surface area is 95.4 Å². The van der Waals surface area contributed by atoms with Crippen LogP contribution in [0.5, 0.6) is 0 Å². The first-order valence-corrected chi connectivity index (χ1v) is 6.30. The van der Waals surface area contributed by atoms with Gasteiger partial charge in [-0.1, -0.05) is 6.92 Å². The number of anilines is 1. The van der Waals surface area contributed by atoms with E-state index in [-0.39, 0.29) is 0 Å². The molecule has 0 atom stereocenters. The molecule has 0 saturated carbocycles. The van der Waals surface area contributed by atoms with E-state index in [2.05, 4.69) is 43.1 Å². The molecule has 0 aliphatic heterocycles. The lowest BCUT2D eigenvalue weighted by Gasteiger charge is -2.17. The summed E-state index contributed by atoms with van der Waals surface area (Å²) in [5.41, 5.74) is 1.23. The minimum atomic E-state index is 0.669. The van der Waals surface area contributed by atoms with Crippen molar-refractivity contribution in [2.75, 3.05) is 30.1 Å². The van der Waals surface area contributed by atoms with E-state index in [9.17, 15) is 0 Å². The summed E-state index contributed by atoms with van der Waals surface area (Å²) in [5.74, 6) is 1.79. The lowest BCUT2D eigenvalue weighted by Crippen LogP contribution is -2.19. The van der Waals surface area contributed by atoms with Crippen LogP contribution in [0.25, 0.3) is 0 Å². The second kappa shape index (κ2) is 6.20. The molecule has 0 saturated heterocycles. The third kappa shape index (κ3) is 3.43. The zero-order valence-corrected chi connectivity index (χ0v) is 10.2. The Kier molecular flexibility index (Phi) is 5.20. The molecule has 0 fully saturated rings. The molecule has 0 aromatic heterocycles. The van der Waals surface area contributed by atoms with Crippen LogP contribution in [0, 0.1) is 0 Å². The second-order valence-corrected chi connectivity index (χ2v) is 4.75. The van der Waals surface area contributed by atoms with Gasteiger partial charge in [0.15, 0.2) is 0 Å². The Morgan fingerprint density at radius 1 is 1.29 bits per heavy atom. The van der Waals surface area contributed by atoms with Gasteiger partial charge in [-0.3, -0.25) is 0 Å². The Morgan fingerprint density at radius 3 is 2.43 bits per heavy atom. The molecule has 0 aliphatic rings. The van der Waals surface area contributed by atoms with Gasteiger partial charge in [0.1, 0.15) is 0 Å². The molecule has 0 aliphatic carbocycles. The van der Waals surface area contributed by atoms with Crippen LogP contribution >= 0.6 is 23.4 Å². The zero-order chi connectivity index (χ0) is 10.4. The van der Waals surface area contributed by atoms with Gasteiger partial charge in [0.25, 0.3) is 0 Å². The Bertz CT molecular complexity index is 260. The number of benzene rings is 1. The monoisotopic (exact) mass is 229 g/mol. The molecule has 0 bridgehead atoms. The van der Waals surface area contributed by atoms with Crippen molar-refractivity contribution in [1.29, 1.82) is 0 Å². The van der Waals surface area contributed by atoms with Gasteiger partial charge >= 0.3 is 0 Å². The average Bonchev–Trinajstić information content (AvgIpc) is 2.20. The fourth-order valence-electron chi connectivity index (χ4n) is 1.22. The summed E-state index contributed by atoms with van der Waals surface area (Å²) in [5, 5.41) is 0.